The summed E-state index contributed by atoms with van der Waals surface area (Å²) < 4.78 is 0. The number of carbonyl (C=O) groups is 1. The van der Waals surface area contributed by atoms with Gasteiger partial charge in [-0.2, -0.15) is 0 Å². The minimum absolute atomic E-state index is 0.0469. The number of carboxylic acid groups (broad SMARTS) is 1. The number of fused-ring (bicyclic) bond motifs is 1. The van der Waals surface area contributed by atoms with Gasteiger partial charge >= 0.3 is 5.97 Å². The number of carboxylic acids is 1. The smallest absolute Gasteiger partial charge is 0.354 e. The van der Waals surface area contributed by atoms with Crippen molar-refractivity contribution in [2.24, 2.45) is 0 Å². The molecule has 0 radical (unpaired) electrons. The lowest BCUT2D eigenvalue weighted by atomic mass is 10.0. The van der Waals surface area contributed by atoms with Crippen LogP contribution in [0.3, 0.4) is 0 Å². The van der Waals surface area contributed by atoms with Crippen LogP contribution in [0.2, 0.25) is 0 Å². The number of aromatic nitrogens is 2. The highest BCUT2D eigenvalue weighted by Crippen LogP contribution is 2.27. The van der Waals surface area contributed by atoms with Crippen molar-refractivity contribution in [1.29, 1.82) is 0 Å². The molecule has 0 saturated carbocycles. The second-order valence-corrected chi connectivity index (χ2v) is 4.81. The number of hydrogen-bond donors (Lipinski definition) is 1. The number of rotatable bonds is 3. The fourth-order valence-electron chi connectivity index (χ4n) is 2.36. The molecular formula is C17H14N2O2. The molecule has 2 heterocycles. The van der Waals surface area contributed by atoms with Crippen LogP contribution in [0.15, 0.2) is 48.8 Å². The van der Waals surface area contributed by atoms with Gasteiger partial charge in [0.05, 0.1) is 5.69 Å². The van der Waals surface area contributed by atoms with Crippen LogP contribution in [0.1, 0.15) is 23.0 Å². The van der Waals surface area contributed by atoms with Crippen LogP contribution >= 0.6 is 0 Å². The fourth-order valence-corrected chi connectivity index (χ4v) is 2.36. The molecule has 0 fully saturated rings. The molecule has 0 aliphatic carbocycles. The first kappa shape index (κ1) is 13.2. The van der Waals surface area contributed by atoms with Gasteiger partial charge in [-0.25, -0.2) is 9.78 Å². The predicted octanol–water partition coefficient (Wildman–Crippen LogP) is 3.56. The molecule has 0 amide bonds. The number of nitrogens with zero attached hydrogens (tertiary/aromatic N) is 2. The van der Waals surface area contributed by atoms with Gasteiger partial charge in [-0.15, -0.1) is 0 Å². The molecule has 4 heteroatoms. The Labute approximate surface area is 122 Å². The van der Waals surface area contributed by atoms with Crippen molar-refractivity contribution in [3.8, 4) is 11.3 Å². The van der Waals surface area contributed by atoms with E-state index in [0.29, 0.717) is 5.69 Å². The van der Waals surface area contributed by atoms with Crippen molar-refractivity contribution in [1.82, 2.24) is 9.97 Å². The lowest BCUT2D eigenvalue weighted by molar-refractivity contribution is 0.0691. The molecule has 0 aliphatic heterocycles. The van der Waals surface area contributed by atoms with E-state index in [1.807, 2.05) is 24.3 Å². The molecule has 1 N–H and O–H groups in total. The first-order valence-electron chi connectivity index (χ1n) is 6.76. The molecule has 0 saturated heterocycles. The number of pyridine rings is 2. The van der Waals surface area contributed by atoms with Gasteiger partial charge in [-0.05, 0) is 35.6 Å². The summed E-state index contributed by atoms with van der Waals surface area (Å²) in [4.78, 5) is 19.7. The summed E-state index contributed by atoms with van der Waals surface area (Å²) in [6.45, 7) is 2.08. The van der Waals surface area contributed by atoms with Crippen LogP contribution < -0.4 is 0 Å². The molecule has 2 aromatic heterocycles. The van der Waals surface area contributed by atoms with E-state index in [1.54, 1.807) is 24.5 Å². The average molecular weight is 278 g/mol. The molecule has 0 atom stereocenters. The Morgan fingerprint density at radius 3 is 2.86 bits per heavy atom. The highest BCUT2D eigenvalue weighted by atomic mass is 16.4. The minimum Gasteiger partial charge on any atom is -0.477 e. The van der Waals surface area contributed by atoms with E-state index in [4.69, 9.17) is 0 Å². The molecule has 21 heavy (non-hydrogen) atoms. The second-order valence-electron chi connectivity index (χ2n) is 4.81. The van der Waals surface area contributed by atoms with Crippen LogP contribution in [0, 0.1) is 0 Å². The Kier molecular flexibility index (Phi) is 3.36. The summed E-state index contributed by atoms with van der Waals surface area (Å²) in [6, 6.07) is 11.4. The molecule has 0 spiro atoms. The van der Waals surface area contributed by atoms with Crippen molar-refractivity contribution >= 4 is 16.7 Å². The summed E-state index contributed by atoms with van der Waals surface area (Å²) >= 11 is 0. The zero-order valence-corrected chi connectivity index (χ0v) is 11.6. The fraction of sp³-hybridized carbons (Fsp3) is 0.118. The molecule has 1 aromatic carbocycles. The van der Waals surface area contributed by atoms with Crippen molar-refractivity contribution < 1.29 is 9.90 Å². The van der Waals surface area contributed by atoms with Crippen molar-refractivity contribution in [3.05, 3.63) is 60.0 Å². The Hall–Kier alpha value is -2.75. The van der Waals surface area contributed by atoms with Crippen LogP contribution in [0.4, 0.5) is 0 Å². The van der Waals surface area contributed by atoms with Crippen molar-refractivity contribution in [2.45, 2.75) is 13.3 Å². The van der Waals surface area contributed by atoms with Crippen LogP contribution in [0.5, 0.6) is 0 Å². The summed E-state index contributed by atoms with van der Waals surface area (Å²) in [5.74, 6) is -1.03. The van der Waals surface area contributed by atoms with Gasteiger partial charge in [0, 0.05) is 23.3 Å². The predicted molar refractivity (Wildman–Crippen MR) is 81.3 cm³/mol. The Bertz CT molecular complexity index is 828. The van der Waals surface area contributed by atoms with Crippen molar-refractivity contribution in [3.63, 3.8) is 0 Å². The van der Waals surface area contributed by atoms with E-state index < -0.39 is 5.97 Å². The van der Waals surface area contributed by atoms with Gasteiger partial charge in [0.15, 0.2) is 0 Å². The first-order valence-corrected chi connectivity index (χ1v) is 6.76. The number of benzene rings is 1. The average Bonchev–Trinajstić information content (AvgIpc) is 2.53. The third-order valence-corrected chi connectivity index (χ3v) is 3.46. The van der Waals surface area contributed by atoms with Gasteiger partial charge in [-0.1, -0.05) is 25.1 Å². The molecule has 0 aliphatic rings. The molecule has 0 bridgehead atoms. The maximum absolute atomic E-state index is 11.3. The van der Waals surface area contributed by atoms with Gasteiger partial charge in [0.25, 0.3) is 0 Å². The molecule has 3 rings (SSSR count). The Morgan fingerprint density at radius 1 is 1.24 bits per heavy atom. The zero-order chi connectivity index (χ0) is 14.8. The lowest BCUT2D eigenvalue weighted by Gasteiger charge is -2.08. The van der Waals surface area contributed by atoms with E-state index in [0.717, 1.165) is 22.8 Å². The summed E-state index contributed by atoms with van der Waals surface area (Å²) in [5, 5.41) is 10.9. The number of hydrogen-bond acceptors (Lipinski definition) is 3. The molecular weight excluding hydrogens is 264 g/mol. The summed E-state index contributed by atoms with van der Waals surface area (Å²) in [6.07, 6.45) is 4.30. The molecule has 104 valence electrons. The molecule has 3 aromatic rings. The van der Waals surface area contributed by atoms with Crippen molar-refractivity contribution in [2.75, 3.05) is 0 Å². The lowest BCUT2D eigenvalue weighted by Crippen LogP contribution is -2.02. The minimum atomic E-state index is -1.03. The second kappa shape index (κ2) is 5.32. The Morgan fingerprint density at radius 2 is 2.10 bits per heavy atom. The summed E-state index contributed by atoms with van der Waals surface area (Å²) in [5.41, 5.74) is 2.81. The maximum atomic E-state index is 11.3. The third kappa shape index (κ3) is 2.48. The largest absolute Gasteiger partial charge is 0.477 e. The van der Waals surface area contributed by atoms with E-state index in [9.17, 15) is 9.90 Å². The quantitative estimate of drug-likeness (QED) is 0.795. The zero-order valence-electron chi connectivity index (χ0n) is 11.6. The van der Waals surface area contributed by atoms with Crippen LogP contribution in [-0.2, 0) is 6.42 Å². The normalized spacial score (nSPS) is 10.7. The SMILES string of the molecule is CCc1cccc(-c2nc(C(=O)O)cc3ccncc23)c1. The maximum Gasteiger partial charge on any atom is 0.354 e. The topological polar surface area (TPSA) is 63.1 Å². The van der Waals surface area contributed by atoms with E-state index in [-0.39, 0.29) is 5.69 Å². The van der Waals surface area contributed by atoms with Gasteiger partial charge in [0.2, 0.25) is 0 Å². The van der Waals surface area contributed by atoms with Crippen LogP contribution in [-0.4, -0.2) is 21.0 Å². The standard InChI is InChI=1S/C17H14N2O2/c1-2-11-4-3-5-13(8-11)16-14-10-18-7-6-12(14)9-15(19-16)17(20)21/h3-10H,2H2,1H3,(H,20,21). The van der Waals surface area contributed by atoms with E-state index in [2.05, 4.69) is 16.9 Å². The number of aryl methyl sites for hydroxylation is 1. The van der Waals surface area contributed by atoms with Crippen LogP contribution in [0.25, 0.3) is 22.0 Å². The van der Waals surface area contributed by atoms with E-state index in [1.165, 1.54) is 5.56 Å². The monoisotopic (exact) mass is 278 g/mol. The van der Waals surface area contributed by atoms with Gasteiger partial charge in [-0.3, -0.25) is 4.98 Å². The highest BCUT2D eigenvalue weighted by Gasteiger charge is 2.12. The number of aromatic carboxylic acids is 1. The molecule has 4 nitrogen and oxygen atoms in total. The molecule has 0 unspecified atom stereocenters. The van der Waals surface area contributed by atoms with Gasteiger partial charge in [0.1, 0.15) is 5.69 Å². The van der Waals surface area contributed by atoms with E-state index >= 15 is 0 Å². The third-order valence-electron chi connectivity index (χ3n) is 3.46. The summed E-state index contributed by atoms with van der Waals surface area (Å²) in [7, 11) is 0. The Balaban J connectivity index is 2.31. The first-order chi connectivity index (χ1) is 10.2. The van der Waals surface area contributed by atoms with Gasteiger partial charge < -0.3 is 5.11 Å². The highest BCUT2D eigenvalue weighted by molar-refractivity contribution is 5.98.